The number of aryl methyl sites for hydroxylation is 1. The van der Waals surface area contributed by atoms with Crippen molar-refractivity contribution in [3.05, 3.63) is 47.1 Å². The van der Waals surface area contributed by atoms with Crippen LogP contribution in [0.5, 0.6) is 0 Å². The van der Waals surface area contributed by atoms with Gasteiger partial charge in [-0.25, -0.2) is 13.1 Å². The Bertz CT molecular complexity index is 746. The summed E-state index contributed by atoms with van der Waals surface area (Å²) in [6.07, 6.45) is 0. The van der Waals surface area contributed by atoms with Gasteiger partial charge in [0, 0.05) is 0 Å². The van der Waals surface area contributed by atoms with Crippen molar-refractivity contribution in [3.63, 3.8) is 0 Å². The molecule has 2 rings (SSSR count). The van der Waals surface area contributed by atoms with Crippen LogP contribution in [0, 0.1) is 18.3 Å². The first-order chi connectivity index (χ1) is 9.50. The van der Waals surface area contributed by atoms with Crippen LogP contribution in [-0.2, 0) is 22.3 Å². The first-order valence-electron chi connectivity index (χ1n) is 5.75. The lowest BCUT2D eigenvalue weighted by Crippen LogP contribution is -2.25. The van der Waals surface area contributed by atoms with Gasteiger partial charge in [0.05, 0.1) is 23.9 Å². The van der Waals surface area contributed by atoms with Crippen LogP contribution in [0.1, 0.15) is 22.8 Å². The summed E-state index contributed by atoms with van der Waals surface area (Å²) >= 11 is 0. The number of hydrogen-bond acceptors (Lipinski definition) is 6. The van der Waals surface area contributed by atoms with E-state index in [0.29, 0.717) is 17.0 Å². The second-order valence-corrected chi connectivity index (χ2v) is 5.89. The minimum atomic E-state index is -3.59. The van der Waals surface area contributed by atoms with E-state index >= 15 is 0 Å². The van der Waals surface area contributed by atoms with E-state index in [1.807, 2.05) is 6.07 Å². The molecule has 0 radical (unpaired) electrons. The maximum Gasteiger partial charge on any atom is 0.241 e. The maximum atomic E-state index is 11.9. The fraction of sp³-hybridized carbons (Fsp3) is 0.250. The minimum absolute atomic E-state index is 0.0715. The molecule has 1 N–H and O–H groups in total. The van der Waals surface area contributed by atoms with Crippen LogP contribution >= 0.6 is 0 Å². The third-order valence-electron chi connectivity index (χ3n) is 2.50. The average Bonchev–Trinajstić information content (AvgIpc) is 2.83. The Balaban J connectivity index is 2.06. The minimum Gasteiger partial charge on any atom is -0.338 e. The van der Waals surface area contributed by atoms with Gasteiger partial charge >= 0.3 is 0 Å². The highest BCUT2D eigenvalue weighted by atomic mass is 32.2. The zero-order valence-corrected chi connectivity index (χ0v) is 11.5. The number of nitrogens with zero attached hydrogens (tertiary/aromatic N) is 3. The molecule has 8 heteroatoms. The topological polar surface area (TPSA) is 109 Å². The van der Waals surface area contributed by atoms with Crippen molar-refractivity contribution in [3.8, 4) is 6.07 Å². The third-order valence-corrected chi connectivity index (χ3v) is 3.77. The molecule has 2 aromatic rings. The van der Waals surface area contributed by atoms with E-state index in [4.69, 9.17) is 9.78 Å². The molecular weight excluding hydrogens is 280 g/mol. The molecule has 0 saturated carbocycles. The van der Waals surface area contributed by atoms with Crippen LogP contribution in [0.2, 0.25) is 0 Å². The van der Waals surface area contributed by atoms with Gasteiger partial charge in [0.2, 0.25) is 15.9 Å². The number of aromatic nitrogens is 2. The fourth-order valence-corrected chi connectivity index (χ4v) is 2.70. The number of nitriles is 1. The van der Waals surface area contributed by atoms with Crippen LogP contribution in [0.25, 0.3) is 0 Å². The molecule has 0 aliphatic rings. The molecular formula is C12H12N4O3S. The van der Waals surface area contributed by atoms with E-state index in [-0.39, 0.29) is 18.2 Å². The first kappa shape index (κ1) is 14.2. The van der Waals surface area contributed by atoms with E-state index in [2.05, 4.69) is 14.9 Å². The van der Waals surface area contributed by atoms with Gasteiger partial charge in [-0.1, -0.05) is 23.4 Å². The second kappa shape index (κ2) is 5.81. The predicted octanol–water partition coefficient (Wildman–Crippen LogP) is 0.869. The Morgan fingerprint density at radius 3 is 2.80 bits per heavy atom. The molecule has 0 spiro atoms. The Morgan fingerprint density at radius 2 is 2.15 bits per heavy atom. The van der Waals surface area contributed by atoms with Gasteiger partial charge in [0.15, 0.2) is 5.82 Å². The van der Waals surface area contributed by atoms with Crippen molar-refractivity contribution in [2.75, 3.05) is 0 Å². The molecule has 7 nitrogen and oxygen atoms in total. The summed E-state index contributed by atoms with van der Waals surface area (Å²) in [5.41, 5.74) is 0.788. The summed E-state index contributed by atoms with van der Waals surface area (Å²) in [4.78, 5) is 3.90. The molecule has 1 heterocycles. The molecule has 0 aliphatic carbocycles. The molecule has 104 valence electrons. The van der Waals surface area contributed by atoms with Crippen LogP contribution in [0.3, 0.4) is 0 Å². The van der Waals surface area contributed by atoms with Gasteiger partial charge in [0.25, 0.3) is 0 Å². The van der Waals surface area contributed by atoms with E-state index in [1.54, 1.807) is 31.2 Å². The lowest BCUT2D eigenvalue weighted by molar-refractivity contribution is 0.372. The SMILES string of the molecule is Cc1noc(CNS(=O)(=O)Cc2ccccc2C#N)n1. The maximum absolute atomic E-state index is 11.9. The number of sulfonamides is 1. The number of benzene rings is 1. The molecule has 0 aliphatic heterocycles. The molecule has 0 atom stereocenters. The van der Waals surface area contributed by atoms with Crippen LogP contribution in [-0.4, -0.2) is 18.6 Å². The Morgan fingerprint density at radius 1 is 1.40 bits per heavy atom. The summed E-state index contributed by atoms with van der Waals surface area (Å²) < 4.78 is 31.0. The number of nitrogens with one attached hydrogen (secondary N) is 1. The lowest BCUT2D eigenvalue weighted by Gasteiger charge is -2.06. The molecule has 20 heavy (non-hydrogen) atoms. The molecule has 0 fully saturated rings. The van der Waals surface area contributed by atoms with E-state index < -0.39 is 10.0 Å². The third kappa shape index (κ3) is 3.63. The van der Waals surface area contributed by atoms with Gasteiger partial charge in [-0.15, -0.1) is 0 Å². The standard InChI is InChI=1S/C12H12N4O3S/c1-9-15-12(19-16-9)7-14-20(17,18)8-11-5-3-2-4-10(11)6-13/h2-5,14H,7-8H2,1H3. The molecule has 0 bridgehead atoms. The van der Waals surface area contributed by atoms with Crippen molar-refractivity contribution in [2.24, 2.45) is 0 Å². The predicted molar refractivity (Wildman–Crippen MR) is 69.7 cm³/mol. The van der Waals surface area contributed by atoms with Crippen molar-refractivity contribution in [1.82, 2.24) is 14.9 Å². The zero-order valence-electron chi connectivity index (χ0n) is 10.7. The highest BCUT2D eigenvalue weighted by Gasteiger charge is 2.15. The Kier molecular flexibility index (Phi) is 4.12. The largest absolute Gasteiger partial charge is 0.338 e. The van der Waals surface area contributed by atoms with Gasteiger partial charge in [-0.2, -0.15) is 10.2 Å². The zero-order chi connectivity index (χ0) is 14.6. The van der Waals surface area contributed by atoms with E-state index in [9.17, 15) is 8.42 Å². The van der Waals surface area contributed by atoms with Crippen LogP contribution in [0.15, 0.2) is 28.8 Å². The monoisotopic (exact) mass is 292 g/mol. The summed E-state index contributed by atoms with van der Waals surface area (Å²) in [6, 6.07) is 8.51. The van der Waals surface area contributed by atoms with Crippen molar-refractivity contribution in [2.45, 2.75) is 19.2 Å². The highest BCUT2D eigenvalue weighted by molar-refractivity contribution is 7.88. The smallest absolute Gasteiger partial charge is 0.241 e. The van der Waals surface area contributed by atoms with Crippen molar-refractivity contribution >= 4 is 10.0 Å². The molecule has 0 unspecified atom stereocenters. The van der Waals surface area contributed by atoms with E-state index in [0.717, 1.165) is 0 Å². The second-order valence-electron chi connectivity index (χ2n) is 4.08. The average molecular weight is 292 g/mol. The van der Waals surface area contributed by atoms with E-state index in [1.165, 1.54) is 0 Å². The lowest BCUT2D eigenvalue weighted by atomic mass is 10.1. The molecule has 0 saturated heterocycles. The van der Waals surface area contributed by atoms with Crippen LogP contribution in [0.4, 0.5) is 0 Å². The molecule has 1 aromatic carbocycles. The van der Waals surface area contributed by atoms with Crippen molar-refractivity contribution in [1.29, 1.82) is 5.26 Å². The summed E-state index contributed by atoms with van der Waals surface area (Å²) in [7, 11) is -3.59. The van der Waals surface area contributed by atoms with Crippen molar-refractivity contribution < 1.29 is 12.9 Å². The van der Waals surface area contributed by atoms with Gasteiger partial charge < -0.3 is 4.52 Å². The Labute approximate surface area is 116 Å². The summed E-state index contributed by atoms with van der Waals surface area (Å²) in [5.74, 6) is 0.359. The normalized spacial score (nSPS) is 11.2. The summed E-state index contributed by atoms with van der Waals surface area (Å²) in [5, 5.41) is 12.5. The number of hydrogen-bond donors (Lipinski definition) is 1. The van der Waals surface area contributed by atoms with Gasteiger partial charge in [-0.05, 0) is 18.6 Å². The van der Waals surface area contributed by atoms with Crippen LogP contribution < -0.4 is 4.72 Å². The first-order valence-corrected chi connectivity index (χ1v) is 7.40. The summed E-state index contributed by atoms with van der Waals surface area (Å²) in [6.45, 7) is 1.57. The fourth-order valence-electron chi connectivity index (χ4n) is 1.59. The molecule has 0 amide bonds. The molecule has 1 aromatic heterocycles. The number of rotatable bonds is 5. The van der Waals surface area contributed by atoms with Gasteiger partial charge in [-0.3, -0.25) is 0 Å². The highest BCUT2D eigenvalue weighted by Crippen LogP contribution is 2.11. The quantitative estimate of drug-likeness (QED) is 0.875. The Hall–Kier alpha value is -2.24. The van der Waals surface area contributed by atoms with Gasteiger partial charge in [0.1, 0.15) is 0 Å².